The van der Waals surface area contributed by atoms with E-state index >= 15 is 0 Å². The van der Waals surface area contributed by atoms with Gasteiger partial charge in [0.15, 0.2) is 0 Å². The van der Waals surface area contributed by atoms with Gasteiger partial charge in [0.05, 0.1) is 10.5 Å². The van der Waals surface area contributed by atoms with E-state index in [2.05, 4.69) is 5.32 Å². The maximum absolute atomic E-state index is 14.0. The Balaban J connectivity index is 1.76. The molecule has 2 fully saturated rings. The van der Waals surface area contributed by atoms with Crippen LogP contribution in [0.15, 0.2) is 12.1 Å². The topological polar surface area (TPSA) is 72.2 Å². The first kappa shape index (κ1) is 14.0. The molecule has 1 amide bonds. The van der Waals surface area contributed by atoms with Crippen LogP contribution in [0.4, 0.5) is 10.1 Å². The van der Waals surface area contributed by atoms with E-state index in [1.807, 2.05) is 0 Å². The summed E-state index contributed by atoms with van der Waals surface area (Å²) in [6.45, 7) is 1.96. The first-order valence-corrected chi connectivity index (χ1v) is 7.16. The van der Waals surface area contributed by atoms with Gasteiger partial charge < -0.3 is 5.32 Å². The van der Waals surface area contributed by atoms with E-state index in [1.54, 1.807) is 0 Å². The van der Waals surface area contributed by atoms with Crippen LogP contribution in [0.3, 0.4) is 0 Å². The lowest BCUT2D eigenvalue weighted by molar-refractivity contribution is -0.385. The third-order valence-electron chi connectivity index (χ3n) is 4.63. The summed E-state index contributed by atoms with van der Waals surface area (Å²) in [5.74, 6) is -0.560. The highest BCUT2D eigenvalue weighted by Crippen LogP contribution is 2.60. The molecule has 1 aromatic carbocycles. The maximum Gasteiger partial charge on any atom is 0.270 e. The molecule has 0 aromatic heterocycles. The predicted molar refractivity (Wildman–Crippen MR) is 74.5 cm³/mol. The fourth-order valence-corrected chi connectivity index (χ4v) is 2.96. The number of rotatable bonds is 5. The fraction of sp³-hybridized carbons (Fsp3) is 0.533. The summed E-state index contributed by atoms with van der Waals surface area (Å²) in [6.07, 6.45) is 4.63. The Bertz CT molecular complexity index is 622. The molecule has 0 unspecified atom stereocenters. The smallest absolute Gasteiger partial charge is 0.270 e. The summed E-state index contributed by atoms with van der Waals surface area (Å²) in [5, 5.41) is 13.6. The van der Waals surface area contributed by atoms with Crippen LogP contribution < -0.4 is 5.32 Å². The van der Waals surface area contributed by atoms with Gasteiger partial charge in [-0.2, -0.15) is 0 Å². The minimum Gasteiger partial charge on any atom is -0.351 e. The molecular formula is C15H17FN2O3. The number of hydrogen-bond donors (Lipinski definition) is 1. The molecule has 2 aliphatic rings. The number of nitrogens with one attached hydrogen (secondary N) is 1. The summed E-state index contributed by atoms with van der Waals surface area (Å²) in [4.78, 5) is 22.3. The van der Waals surface area contributed by atoms with Crippen molar-refractivity contribution in [1.82, 2.24) is 5.32 Å². The minimum atomic E-state index is -0.686. The zero-order valence-corrected chi connectivity index (χ0v) is 11.8. The molecule has 5 nitrogen and oxygen atoms in total. The zero-order valence-electron chi connectivity index (χ0n) is 11.8. The Morgan fingerprint density at radius 3 is 2.67 bits per heavy atom. The van der Waals surface area contributed by atoms with Gasteiger partial charge in [0.1, 0.15) is 5.82 Å². The number of nitro groups is 1. The number of non-ortho nitro benzene ring substituents is 1. The molecule has 112 valence electrons. The van der Waals surface area contributed by atoms with Gasteiger partial charge in [-0.25, -0.2) is 4.39 Å². The summed E-state index contributed by atoms with van der Waals surface area (Å²) in [7, 11) is 0. The molecular weight excluding hydrogens is 275 g/mol. The van der Waals surface area contributed by atoms with Crippen molar-refractivity contribution in [2.24, 2.45) is 11.3 Å². The van der Waals surface area contributed by atoms with Gasteiger partial charge >= 0.3 is 0 Å². The second-order valence-corrected chi connectivity index (χ2v) is 6.20. The second-order valence-electron chi connectivity index (χ2n) is 6.20. The van der Waals surface area contributed by atoms with E-state index in [4.69, 9.17) is 0 Å². The van der Waals surface area contributed by atoms with Crippen LogP contribution in [-0.2, 0) is 0 Å². The second kappa shape index (κ2) is 4.79. The first-order chi connectivity index (χ1) is 9.93. The van der Waals surface area contributed by atoms with Gasteiger partial charge in [0.25, 0.3) is 11.6 Å². The Hall–Kier alpha value is -1.98. The highest BCUT2D eigenvalue weighted by atomic mass is 19.1. The lowest BCUT2D eigenvalue weighted by atomic mass is 10.0. The molecule has 1 N–H and O–H groups in total. The van der Waals surface area contributed by atoms with E-state index in [9.17, 15) is 19.3 Å². The van der Waals surface area contributed by atoms with E-state index in [0.717, 1.165) is 25.0 Å². The number of nitro benzene ring substituents is 1. The Morgan fingerprint density at radius 2 is 2.14 bits per heavy atom. The normalized spacial score (nSPS) is 19.1. The van der Waals surface area contributed by atoms with Gasteiger partial charge in [-0.15, -0.1) is 0 Å². The molecule has 0 aliphatic heterocycles. The quantitative estimate of drug-likeness (QED) is 0.670. The molecule has 0 bridgehead atoms. The van der Waals surface area contributed by atoms with Gasteiger partial charge in [0.2, 0.25) is 0 Å². The van der Waals surface area contributed by atoms with E-state index in [0.29, 0.717) is 12.5 Å². The van der Waals surface area contributed by atoms with Crippen LogP contribution in [0.1, 0.15) is 41.6 Å². The molecule has 3 rings (SSSR count). The van der Waals surface area contributed by atoms with Crippen molar-refractivity contribution in [3.05, 3.63) is 39.2 Å². The summed E-state index contributed by atoms with van der Waals surface area (Å²) < 4.78 is 14.0. The maximum atomic E-state index is 14.0. The highest BCUT2D eigenvalue weighted by Gasteiger charge is 2.53. The number of carbonyl (C=O) groups excluding carboxylic acids is 1. The lowest BCUT2D eigenvalue weighted by Crippen LogP contribution is -2.32. The number of nitrogens with zero attached hydrogens (tertiary/aromatic N) is 1. The molecule has 2 aliphatic carbocycles. The molecule has 0 radical (unpaired) electrons. The summed E-state index contributed by atoms with van der Waals surface area (Å²) >= 11 is 0. The number of benzene rings is 1. The number of aryl methyl sites for hydroxylation is 1. The Labute approximate surface area is 121 Å². The zero-order chi connectivity index (χ0) is 15.2. The van der Waals surface area contributed by atoms with Crippen molar-refractivity contribution in [2.75, 3.05) is 6.54 Å². The molecule has 2 saturated carbocycles. The molecule has 1 aromatic rings. The molecule has 0 atom stereocenters. The van der Waals surface area contributed by atoms with E-state index in [-0.39, 0.29) is 22.2 Å². The van der Waals surface area contributed by atoms with Gasteiger partial charge in [-0.3, -0.25) is 14.9 Å². The SMILES string of the molecule is Cc1cc([N+](=O)[O-])cc(C(=O)NCC2(C3CC3)CC2)c1F. The average Bonchev–Trinajstić information content (AvgIpc) is 3.30. The van der Waals surface area contributed by atoms with Crippen molar-refractivity contribution < 1.29 is 14.1 Å². The van der Waals surface area contributed by atoms with Crippen molar-refractivity contribution in [3.8, 4) is 0 Å². The van der Waals surface area contributed by atoms with Gasteiger partial charge in [0, 0.05) is 18.7 Å². The van der Waals surface area contributed by atoms with Crippen LogP contribution in [0.25, 0.3) is 0 Å². The number of amides is 1. The lowest BCUT2D eigenvalue weighted by Gasteiger charge is -2.15. The van der Waals surface area contributed by atoms with Crippen LogP contribution in [-0.4, -0.2) is 17.4 Å². The fourth-order valence-electron chi connectivity index (χ4n) is 2.96. The standard InChI is InChI=1S/C15H17FN2O3/c1-9-6-11(18(20)21)7-12(13(9)16)14(19)17-8-15(4-5-15)10-2-3-10/h6-7,10H,2-5,8H2,1H3,(H,17,19). The number of halogens is 1. The highest BCUT2D eigenvalue weighted by molar-refractivity contribution is 5.95. The van der Waals surface area contributed by atoms with Crippen LogP contribution in [0.5, 0.6) is 0 Å². The van der Waals surface area contributed by atoms with Crippen molar-refractivity contribution >= 4 is 11.6 Å². The third-order valence-corrected chi connectivity index (χ3v) is 4.63. The van der Waals surface area contributed by atoms with E-state index in [1.165, 1.54) is 19.8 Å². The van der Waals surface area contributed by atoms with Gasteiger partial charge in [-0.1, -0.05) is 0 Å². The van der Waals surface area contributed by atoms with Crippen molar-refractivity contribution in [3.63, 3.8) is 0 Å². The first-order valence-electron chi connectivity index (χ1n) is 7.16. The number of carbonyl (C=O) groups is 1. The van der Waals surface area contributed by atoms with Gasteiger partial charge in [-0.05, 0) is 49.5 Å². The van der Waals surface area contributed by atoms with E-state index < -0.39 is 16.6 Å². The molecule has 0 spiro atoms. The third kappa shape index (κ3) is 2.62. The van der Waals surface area contributed by atoms with Crippen LogP contribution >= 0.6 is 0 Å². The molecule has 0 saturated heterocycles. The monoisotopic (exact) mass is 292 g/mol. The average molecular weight is 292 g/mol. The summed E-state index contributed by atoms with van der Waals surface area (Å²) in [5.41, 5.74) is -0.185. The van der Waals surface area contributed by atoms with Crippen LogP contribution in [0.2, 0.25) is 0 Å². The Morgan fingerprint density at radius 1 is 1.48 bits per heavy atom. The molecule has 21 heavy (non-hydrogen) atoms. The minimum absolute atomic E-state index is 0.109. The molecule has 6 heteroatoms. The number of hydrogen-bond acceptors (Lipinski definition) is 3. The Kier molecular flexibility index (Phi) is 3.19. The molecule has 0 heterocycles. The van der Waals surface area contributed by atoms with Crippen molar-refractivity contribution in [2.45, 2.75) is 32.6 Å². The predicted octanol–water partition coefficient (Wildman–Crippen LogP) is 2.96. The largest absolute Gasteiger partial charge is 0.351 e. The van der Waals surface area contributed by atoms with Crippen LogP contribution in [0, 0.1) is 34.2 Å². The van der Waals surface area contributed by atoms with Crippen molar-refractivity contribution in [1.29, 1.82) is 0 Å². The summed E-state index contributed by atoms with van der Waals surface area (Å²) in [6, 6.07) is 2.15.